The van der Waals surface area contributed by atoms with E-state index in [1.54, 1.807) is 36.4 Å². The Kier molecular flexibility index (Phi) is 8.63. The molecule has 0 aliphatic carbocycles. The van der Waals surface area contributed by atoms with Crippen molar-refractivity contribution in [2.75, 3.05) is 39.2 Å². The molecular formula is C25H32BrN5O5. The summed E-state index contributed by atoms with van der Waals surface area (Å²) in [6.45, 7) is 1.77. The Labute approximate surface area is 219 Å². The number of methoxy groups -OCH3 is 2. The number of hydrogen-bond donors (Lipinski definition) is 1. The lowest BCUT2D eigenvalue weighted by atomic mass is 10.0. The van der Waals surface area contributed by atoms with Crippen molar-refractivity contribution in [1.82, 2.24) is 25.1 Å². The van der Waals surface area contributed by atoms with Crippen molar-refractivity contribution in [2.24, 2.45) is 0 Å². The molecule has 3 heterocycles. The van der Waals surface area contributed by atoms with Gasteiger partial charge in [-0.15, -0.1) is 0 Å². The third kappa shape index (κ3) is 5.57. The first kappa shape index (κ1) is 26.2. The lowest BCUT2D eigenvalue weighted by molar-refractivity contribution is -0.122. The molecule has 0 spiro atoms. The fourth-order valence-corrected chi connectivity index (χ4v) is 5.12. The van der Waals surface area contributed by atoms with E-state index in [0.717, 1.165) is 31.0 Å². The minimum absolute atomic E-state index is 0.0897. The monoisotopic (exact) mass is 561 g/mol. The van der Waals surface area contributed by atoms with Crippen LogP contribution in [-0.4, -0.2) is 82.8 Å². The summed E-state index contributed by atoms with van der Waals surface area (Å²) in [5, 5.41) is 12.3. The maximum atomic E-state index is 13.7. The Morgan fingerprint density at radius 3 is 2.47 bits per heavy atom. The molecule has 2 aliphatic heterocycles. The average molecular weight is 562 g/mol. The van der Waals surface area contributed by atoms with Gasteiger partial charge in [-0.05, 0) is 56.4 Å². The number of nitrogens with zero attached hydrogens (tertiary/aromatic N) is 4. The van der Waals surface area contributed by atoms with Crippen molar-refractivity contribution < 1.29 is 23.9 Å². The van der Waals surface area contributed by atoms with E-state index in [9.17, 15) is 14.4 Å². The van der Waals surface area contributed by atoms with Gasteiger partial charge in [0, 0.05) is 43.0 Å². The van der Waals surface area contributed by atoms with Gasteiger partial charge in [0.15, 0.2) is 5.69 Å². The Morgan fingerprint density at radius 1 is 1.11 bits per heavy atom. The van der Waals surface area contributed by atoms with Crippen LogP contribution in [0.15, 0.2) is 24.3 Å². The summed E-state index contributed by atoms with van der Waals surface area (Å²) in [5.41, 5.74) is 1.79. The lowest BCUT2D eigenvalue weighted by Crippen LogP contribution is -2.55. The van der Waals surface area contributed by atoms with E-state index in [2.05, 4.69) is 26.3 Å². The molecule has 36 heavy (non-hydrogen) atoms. The van der Waals surface area contributed by atoms with Crippen LogP contribution in [0, 0.1) is 0 Å². The van der Waals surface area contributed by atoms with Crippen LogP contribution in [0.4, 0.5) is 0 Å². The summed E-state index contributed by atoms with van der Waals surface area (Å²) in [6, 6.07) is 7.27. The smallest absolute Gasteiger partial charge is 0.358 e. The normalized spacial score (nSPS) is 16.5. The molecule has 0 atom stereocenters. The molecule has 1 saturated heterocycles. The molecule has 2 aliphatic rings. The molecule has 0 unspecified atom stereocenters. The molecular weight excluding hydrogens is 530 g/mol. The standard InChI is InChI=1S/C25H32BrN5O5/c1-35-19-8-6-18(7-9-19)31-23-20(22(28-31)25(34)36-2)12-16-30(24(23)33)29-14-10-17(11-15-29)27-21(32)5-3-4-13-26/h6-9,17H,3-5,10-16H2,1-2H3,(H,27,32). The van der Waals surface area contributed by atoms with Gasteiger partial charge >= 0.3 is 5.97 Å². The van der Waals surface area contributed by atoms with Crippen LogP contribution in [0.2, 0.25) is 0 Å². The maximum Gasteiger partial charge on any atom is 0.358 e. The summed E-state index contributed by atoms with van der Waals surface area (Å²) in [5.74, 6) is 0.00487. The second-order valence-electron chi connectivity index (χ2n) is 8.90. The van der Waals surface area contributed by atoms with E-state index < -0.39 is 5.97 Å². The molecule has 0 saturated carbocycles. The molecule has 10 nitrogen and oxygen atoms in total. The highest BCUT2D eigenvalue weighted by atomic mass is 79.9. The fourth-order valence-electron chi connectivity index (χ4n) is 4.72. The number of esters is 1. The number of rotatable bonds is 9. The van der Waals surface area contributed by atoms with Crippen molar-refractivity contribution in [3.05, 3.63) is 41.2 Å². The largest absolute Gasteiger partial charge is 0.497 e. The molecule has 1 N–H and O–H groups in total. The quantitative estimate of drug-likeness (QED) is 0.285. The Balaban J connectivity index is 1.49. The molecule has 0 bridgehead atoms. The SMILES string of the molecule is COC(=O)c1nn(-c2ccc(OC)cc2)c2c1CCN(N1CCC(NC(=O)CCCCBr)CC1)C2=O. The zero-order valence-corrected chi connectivity index (χ0v) is 22.3. The number of piperidine rings is 1. The number of carbonyl (C=O) groups is 3. The van der Waals surface area contributed by atoms with Crippen molar-refractivity contribution in [2.45, 2.75) is 44.6 Å². The third-order valence-electron chi connectivity index (χ3n) is 6.66. The van der Waals surface area contributed by atoms with E-state index in [1.807, 2.05) is 5.01 Å². The first-order valence-corrected chi connectivity index (χ1v) is 13.4. The van der Waals surface area contributed by atoms with Crippen LogP contribution in [-0.2, 0) is 16.0 Å². The molecule has 1 fully saturated rings. The van der Waals surface area contributed by atoms with E-state index in [1.165, 1.54) is 11.8 Å². The highest BCUT2D eigenvalue weighted by Gasteiger charge is 2.38. The van der Waals surface area contributed by atoms with Gasteiger partial charge in [-0.3, -0.25) is 14.6 Å². The van der Waals surface area contributed by atoms with Gasteiger partial charge in [0.05, 0.1) is 19.9 Å². The number of hydrogen-bond acceptors (Lipinski definition) is 7. The molecule has 11 heteroatoms. The fraction of sp³-hybridized carbons (Fsp3) is 0.520. The molecule has 2 amide bonds. The van der Waals surface area contributed by atoms with Crippen LogP contribution < -0.4 is 10.1 Å². The van der Waals surface area contributed by atoms with Gasteiger partial charge in [0.25, 0.3) is 5.91 Å². The molecule has 1 aromatic heterocycles. The first-order chi connectivity index (χ1) is 17.5. The minimum atomic E-state index is -0.563. The number of ether oxygens (including phenoxy) is 2. The number of alkyl halides is 1. The highest BCUT2D eigenvalue weighted by Crippen LogP contribution is 2.28. The molecule has 0 radical (unpaired) electrons. The van der Waals surface area contributed by atoms with Crippen molar-refractivity contribution in [1.29, 1.82) is 0 Å². The molecule has 2 aromatic rings. The van der Waals surface area contributed by atoms with E-state index >= 15 is 0 Å². The van der Waals surface area contributed by atoms with Crippen molar-refractivity contribution in [3.8, 4) is 11.4 Å². The highest BCUT2D eigenvalue weighted by molar-refractivity contribution is 9.09. The second kappa shape index (κ2) is 11.9. The molecule has 1 aromatic carbocycles. The Hall–Kier alpha value is -2.92. The summed E-state index contributed by atoms with van der Waals surface area (Å²) >= 11 is 3.39. The van der Waals surface area contributed by atoms with Gasteiger partial charge in [-0.1, -0.05) is 15.9 Å². The van der Waals surface area contributed by atoms with Crippen LogP contribution in [0.5, 0.6) is 5.75 Å². The van der Waals surface area contributed by atoms with Gasteiger partial charge in [-0.25, -0.2) is 14.5 Å². The van der Waals surface area contributed by atoms with Gasteiger partial charge in [0.2, 0.25) is 5.91 Å². The predicted molar refractivity (Wildman–Crippen MR) is 137 cm³/mol. The number of amides is 2. The number of nitrogens with one attached hydrogen (secondary N) is 1. The molecule has 194 valence electrons. The zero-order valence-electron chi connectivity index (χ0n) is 20.7. The van der Waals surface area contributed by atoms with E-state index in [0.29, 0.717) is 55.2 Å². The van der Waals surface area contributed by atoms with Crippen LogP contribution >= 0.6 is 15.9 Å². The van der Waals surface area contributed by atoms with Gasteiger partial charge in [-0.2, -0.15) is 5.10 Å². The average Bonchev–Trinajstić information content (AvgIpc) is 3.30. The van der Waals surface area contributed by atoms with Crippen LogP contribution in [0.3, 0.4) is 0 Å². The second-order valence-corrected chi connectivity index (χ2v) is 9.69. The number of hydrazine groups is 1. The van der Waals surface area contributed by atoms with Crippen molar-refractivity contribution >= 4 is 33.7 Å². The minimum Gasteiger partial charge on any atom is -0.497 e. The first-order valence-electron chi connectivity index (χ1n) is 12.2. The number of halogens is 1. The summed E-state index contributed by atoms with van der Waals surface area (Å²) < 4.78 is 11.7. The number of fused-ring (bicyclic) bond motifs is 1. The summed E-state index contributed by atoms with van der Waals surface area (Å²) in [6.07, 6.45) is 4.42. The van der Waals surface area contributed by atoms with Gasteiger partial charge < -0.3 is 14.8 Å². The Bertz CT molecular complexity index is 1100. The molecule has 4 rings (SSSR count). The lowest BCUT2D eigenvalue weighted by Gasteiger charge is -2.41. The van der Waals surface area contributed by atoms with Crippen LogP contribution in [0.25, 0.3) is 5.69 Å². The zero-order chi connectivity index (χ0) is 25.7. The predicted octanol–water partition coefficient (Wildman–Crippen LogP) is 2.73. The third-order valence-corrected chi connectivity index (χ3v) is 7.22. The summed E-state index contributed by atoms with van der Waals surface area (Å²) in [4.78, 5) is 38.4. The maximum absolute atomic E-state index is 13.7. The van der Waals surface area contributed by atoms with E-state index in [-0.39, 0.29) is 23.6 Å². The number of unbranched alkanes of at least 4 members (excludes halogenated alkanes) is 1. The van der Waals surface area contributed by atoms with E-state index in [4.69, 9.17) is 9.47 Å². The van der Waals surface area contributed by atoms with Crippen molar-refractivity contribution in [3.63, 3.8) is 0 Å². The number of carbonyl (C=O) groups excluding carboxylic acids is 3. The van der Waals surface area contributed by atoms with Gasteiger partial charge in [0.1, 0.15) is 11.4 Å². The van der Waals surface area contributed by atoms with Crippen LogP contribution in [0.1, 0.15) is 58.6 Å². The Morgan fingerprint density at radius 2 is 1.83 bits per heavy atom. The summed E-state index contributed by atoms with van der Waals surface area (Å²) in [7, 11) is 2.89. The number of benzene rings is 1. The topological polar surface area (TPSA) is 106 Å². The number of aromatic nitrogens is 2.